The van der Waals surface area contributed by atoms with Crippen molar-refractivity contribution in [1.29, 1.82) is 0 Å². The van der Waals surface area contributed by atoms with Crippen molar-refractivity contribution in [1.82, 2.24) is 9.97 Å². The minimum atomic E-state index is 0.119. The summed E-state index contributed by atoms with van der Waals surface area (Å²) in [6.07, 6.45) is 0. The quantitative estimate of drug-likeness (QED) is 0.837. The molecule has 0 unspecified atom stereocenters. The fourth-order valence-electron chi connectivity index (χ4n) is 2.00. The highest BCUT2D eigenvalue weighted by molar-refractivity contribution is 5.95. The smallest absolute Gasteiger partial charge is 0.253 e. The number of imidazole rings is 1. The number of hydrogen-bond acceptors (Lipinski definition) is 3. The van der Waals surface area contributed by atoms with Gasteiger partial charge in [0.15, 0.2) is 5.82 Å². The second-order valence-corrected chi connectivity index (χ2v) is 5.73. The van der Waals surface area contributed by atoms with Gasteiger partial charge < -0.3 is 9.72 Å². The highest BCUT2D eigenvalue weighted by atomic mass is 16.5. The SMILES string of the molecule is CC(C)(C)[C@H]1COC(c2nc3ccccc3[nH]2)=N1. The van der Waals surface area contributed by atoms with Crippen LogP contribution in [0.2, 0.25) is 0 Å². The van der Waals surface area contributed by atoms with Gasteiger partial charge in [0, 0.05) is 0 Å². The molecule has 94 valence electrons. The number of benzene rings is 1. The Morgan fingerprint density at radius 2 is 2.06 bits per heavy atom. The molecule has 1 aromatic heterocycles. The van der Waals surface area contributed by atoms with Crippen LogP contribution < -0.4 is 0 Å². The van der Waals surface area contributed by atoms with Gasteiger partial charge in [-0.1, -0.05) is 32.9 Å². The first-order valence-corrected chi connectivity index (χ1v) is 6.20. The van der Waals surface area contributed by atoms with E-state index in [-0.39, 0.29) is 11.5 Å². The maximum absolute atomic E-state index is 5.66. The van der Waals surface area contributed by atoms with Gasteiger partial charge >= 0.3 is 0 Å². The molecule has 1 aromatic carbocycles. The number of hydrogen-bond donors (Lipinski definition) is 1. The molecule has 2 heterocycles. The van der Waals surface area contributed by atoms with E-state index >= 15 is 0 Å². The molecule has 0 aliphatic carbocycles. The zero-order valence-electron chi connectivity index (χ0n) is 10.9. The Labute approximate surface area is 106 Å². The van der Waals surface area contributed by atoms with Crippen LogP contribution in [0, 0.1) is 5.41 Å². The van der Waals surface area contributed by atoms with Crippen molar-refractivity contribution in [2.24, 2.45) is 10.4 Å². The van der Waals surface area contributed by atoms with E-state index in [4.69, 9.17) is 4.74 Å². The molecule has 2 aromatic rings. The van der Waals surface area contributed by atoms with Gasteiger partial charge in [0.1, 0.15) is 6.61 Å². The summed E-state index contributed by atoms with van der Waals surface area (Å²) in [5, 5.41) is 0. The average molecular weight is 243 g/mol. The molecule has 3 rings (SSSR count). The molecule has 0 fully saturated rings. The van der Waals surface area contributed by atoms with Crippen molar-refractivity contribution < 1.29 is 4.74 Å². The number of nitrogens with one attached hydrogen (secondary N) is 1. The summed E-state index contributed by atoms with van der Waals surface area (Å²) in [5.74, 6) is 1.36. The van der Waals surface area contributed by atoms with E-state index in [2.05, 4.69) is 35.7 Å². The van der Waals surface area contributed by atoms with E-state index in [1.807, 2.05) is 24.3 Å². The van der Waals surface area contributed by atoms with Crippen LogP contribution in [0.15, 0.2) is 29.3 Å². The average Bonchev–Trinajstić information content (AvgIpc) is 2.94. The lowest BCUT2D eigenvalue weighted by Gasteiger charge is -2.21. The molecule has 1 aliphatic heterocycles. The third kappa shape index (κ3) is 1.88. The van der Waals surface area contributed by atoms with E-state index in [1.54, 1.807) is 0 Å². The van der Waals surface area contributed by atoms with Gasteiger partial charge in [0.25, 0.3) is 5.90 Å². The molecule has 4 nitrogen and oxygen atoms in total. The largest absolute Gasteiger partial charge is 0.473 e. The third-order valence-electron chi connectivity index (χ3n) is 3.24. The van der Waals surface area contributed by atoms with Gasteiger partial charge in [-0.05, 0) is 17.5 Å². The normalized spacial score (nSPS) is 19.9. The molecule has 18 heavy (non-hydrogen) atoms. The Morgan fingerprint density at radius 1 is 1.28 bits per heavy atom. The van der Waals surface area contributed by atoms with Gasteiger partial charge in [0.2, 0.25) is 0 Å². The third-order valence-corrected chi connectivity index (χ3v) is 3.24. The lowest BCUT2D eigenvalue weighted by molar-refractivity contribution is 0.235. The van der Waals surface area contributed by atoms with Gasteiger partial charge in [-0.2, -0.15) is 0 Å². The highest BCUT2D eigenvalue weighted by Gasteiger charge is 2.31. The minimum absolute atomic E-state index is 0.119. The maximum atomic E-state index is 5.66. The summed E-state index contributed by atoms with van der Waals surface area (Å²) in [6.45, 7) is 7.15. The van der Waals surface area contributed by atoms with Crippen molar-refractivity contribution in [2.75, 3.05) is 6.61 Å². The van der Waals surface area contributed by atoms with Crippen LogP contribution in [0.4, 0.5) is 0 Å². The Balaban J connectivity index is 1.96. The van der Waals surface area contributed by atoms with Crippen LogP contribution in [0.3, 0.4) is 0 Å². The number of para-hydroxylation sites is 2. The molecule has 0 bridgehead atoms. The summed E-state index contributed by atoms with van der Waals surface area (Å²) in [7, 11) is 0. The number of aliphatic imine (C=N–C) groups is 1. The van der Waals surface area contributed by atoms with Crippen molar-refractivity contribution in [3.63, 3.8) is 0 Å². The van der Waals surface area contributed by atoms with Gasteiger partial charge in [-0.15, -0.1) is 0 Å². The first-order valence-electron chi connectivity index (χ1n) is 6.20. The summed E-state index contributed by atoms with van der Waals surface area (Å²) in [6, 6.07) is 8.14. The summed E-state index contributed by atoms with van der Waals surface area (Å²) in [4.78, 5) is 12.4. The number of H-pyrrole nitrogens is 1. The molecule has 1 atom stereocenters. The Kier molecular flexibility index (Phi) is 2.40. The van der Waals surface area contributed by atoms with Gasteiger partial charge in [-0.25, -0.2) is 9.98 Å². The number of ether oxygens (including phenoxy) is 1. The van der Waals surface area contributed by atoms with E-state index in [0.717, 1.165) is 16.9 Å². The summed E-state index contributed by atoms with van der Waals surface area (Å²) in [5.41, 5.74) is 2.07. The van der Waals surface area contributed by atoms with Crippen LogP contribution in [-0.4, -0.2) is 28.5 Å². The second-order valence-electron chi connectivity index (χ2n) is 5.73. The molecule has 1 N–H and O–H groups in total. The number of fused-ring (bicyclic) bond motifs is 1. The van der Waals surface area contributed by atoms with Crippen LogP contribution >= 0.6 is 0 Å². The van der Waals surface area contributed by atoms with Crippen molar-refractivity contribution >= 4 is 16.9 Å². The van der Waals surface area contributed by atoms with Crippen LogP contribution in [0.25, 0.3) is 11.0 Å². The molecule has 0 radical (unpaired) electrons. The summed E-state index contributed by atoms with van der Waals surface area (Å²) >= 11 is 0. The zero-order valence-corrected chi connectivity index (χ0v) is 10.9. The second kappa shape index (κ2) is 3.83. The molecule has 0 amide bonds. The number of rotatable bonds is 1. The van der Waals surface area contributed by atoms with E-state index in [1.165, 1.54) is 0 Å². The molecular weight excluding hydrogens is 226 g/mol. The number of aromatic amines is 1. The van der Waals surface area contributed by atoms with Crippen LogP contribution in [0.1, 0.15) is 26.6 Å². The Hall–Kier alpha value is -1.84. The lowest BCUT2D eigenvalue weighted by Crippen LogP contribution is -2.25. The predicted octanol–water partition coefficient (Wildman–Crippen LogP) is 2.75. The molecule has 0 spiro atoms. The maximum Gasteiger partial charge on any atom is 0.253 e. The van der Waals surface area contributed by atoms with Gasteiger partial charge in [0.05, 0.1) is 17.1 Å². The fourth-order valence-corrected chi connectivity index (χ4v) is 2.00. The van der Waals surface area contributed by atoms with Crippen molar-refractivity contribution in [3.8, 4) is 0 Å². The first-order chi connectivity index (χ1) is 8.54. The molecular formula is C14H17N3O. The highest BCUT2D eigenvalue weighted by Crippen LogP contribution is 2.27. The zero-order chi connectivity index (χ0) is 12.8. The molecule has 0 saturated carbocycles. The van der Waals surface area contributed by atoms with Crippen LogP contribution in [-0.2, 0) is 4.74 Å². The monoisotopic (exact) mass is 243 g/mol. The lowest BCUT2D eigenvalue weighted by atomic mass is 9.88. The van der Waals surface area contributed by atoms with Crippen molar-refractivity contribution in [2.45, 2.75) is 26.8 Å². The molecule has 0 saturated heterocycles. The molecule has 1 aliphatic rings. The summed E-state index contributed by atoms with van der Waals surface area (Å²) < 4.78 is 5.66. The van der Waals surface area contributed by atoms with Crippen LogP contribution in [0.5, 0.6) is 0 Å². The predicted molar refractivity (Wildman–Crippen MR) is 71.8 cm³/mol. The number of aromatic nitrogens is 2. The van der Waals surface area contributed by atoms with E-state index in [9.17, 15) is 0 Å². The van der Waals surface area contributed by atoms with E-state index < -0.39 is 0 Å². The number of nitrogens with zero attached hydrogens (tertiary/aromatic N) is 2. The topological polar surface area (TPSA) is 50.3 Å². The Morgan fingerprint density at radius 3 is 2.72 bits per heavy atom. The molecule has 4 heteroatoms. The Bertz CT molecular complexity index is 574. The minimum Gasteiger partial charge on any atom is -0.473 e. The van der Waals surface area contributed by atoms with Crippen molar-refractivity contribution in [3.05, 3.63) is 30.1 Å². The first kappa shape index (κ1) is 11.3. The standard InChI is InChI=1S/C14H17N3O/c1-14(2,3)11-8-18-13(17-11)12-15-9-6-4-5-7-10(9)16-12/h4-7,11H,8H2,1-3H3,(H,15,16)/t11-/m1/s1. The van der Waals surface area contributed by atoms with Gasteiger partial charge in [-0.3, -0.25) is 0 Å². The fraction of sp³-hybridized carbons (Fsp3) is 0.429. The van der Waals surface area contributed by atoms with E-state index in [0.29, 0.717) is 12.5 Å².